The van der Waals surface area contributed by atoms with Crippen molar-refractivity contribution in [2.45, 2.75) is 457 Å². The molecule has 0 heterocycles. The molecule has 0 aromatic rings. The molecule has 17 nitrogen and oxygen atoms in total. The Hall–Kier alpha value is -1.94. The highest BCUT2D eigenvalue weighted by molar-refractivity contribution is 7.47. The Balaban J connectivity index is 5.23. The molecular weight excluding hydrogens is 1320 g/mol. The van der Waals surface area contributed by atoms with E-state index in [9.17, 15) is 43.2 Å². The van der Waals surface area contributed by atoms with E-state index >= 15 is 0 Å². The van der Waals surface area contributed by atoms with Crippen LogP contribution in [-0.2, 0) is 65.4 Å². The molecule has 0 bridgehead atoms. The predicted octanol–water partition coefficient (Wildman–Crippen LogP) is 24.8. The Kier molecular flexibility index (Phi) is 73.5. The summed E-state index contributed by atoms with van der Waals surface area (Å²) in [6.45, 7) is 7.29. The number of aliphatic hydroxyl groups is 1. The molecule has 0 radical (unpaired) electrons. The number of aliphatic hydroxyl groups excluding tert-OH is 1. The SMILES string of the molecule is CCCCCCCCCCCCCCCCCCCC(=O)OC[C@H](COP(=O)(O)OC[C@@H](O)COP(=O)(O)OC[C@@H](COC(=O)CCCCCCCCCC(C)C)OC(=O)CCCCCCCCCCCCCCCCCCC)OC(=O)CCCCCCCCCCCCCCCCCCC. The number of hydrogen-bond acceptors (Lipinski definition) is 15. The molecule has 0 aliphatic heterocycles. The van der Waals surface area contributed by atoms with E-state index in [0.29, 0.717) is 31.6 Å². The molecule has 0 aliphatic rings. The van der Waals surface area contributed by atoms with Crippen LogP contribution < -0.4 is 0 Å². The second-order valence-electron chi connectivity index (χ2n) is 30.0. The topological polar surface area (TPSA) is 237 Å². The number of phosphoric ester groups is 2. The van der Waals surface area contributed by atoms with Gasteiger partial charge in [0.1, 0.15) is 19.3 Å². The van der Waals surface area contributed by atoms with Gasteiger partial charge >= 0.3 is 39.5 Å². The molecular formula is C82H160O17P2. The molecule has 0 aliphatic carbocycles. The van der Waals surface area contributed by atoms with E-state index in [1.165, 1.54) is 257 Å². The molecule has 19 heteroatoms. The molecule has 0 saturated heterocycles. The molecule has 5 atom stereocenters. The van der Waals surface area contributed by atoms with Crippen LogP contribution in [0.15, 0.2) is 0 Å². The van der Waals surface area contributed by atoms with Crippen LogP contribution in [-0.4, -0.2) is 96.7 Å². The maximum absolute atomic E-state index is 13.1. The van der Waals surface area contributed by atoms with Gasteiger partial charge in [0.15, 0.2) is 12.2 Å². The first-order valence-corrected chi connectivity index (χ1v) is 45.6. The van der Waals surface area contributed by atoms with E-state index in [1.807, 2.05) is 0 Å². The smallest absolute Gasteiger partial charge is 0.462 e. The van der Waals surface area contributed by atoms with Crippen molar-refractivity contribution in [2.75, 3.05) is 39.6 Å². The number of carbonyl (C=O) groups is 4. The van der Waals surface area contributed by atoms with Gasteiger partial charge in [-0.3, -0.25) is 37.3 Å². The zero-order valence-corrected chi connectivity index (χ0v) is 67.8. The second kappa shape index (κ2) is 74.9. The third kappa shape index (κ3) is 76.1. The van der Waals surface area contributed by atoms with Gasteiger partial charge in [-0.2, -0.15) is 0 Å². The summed E-state index contributed by atoms with van der Waals surface area (Å²) in [5, 5.41) is 10.7. The summed E-state index contributed by atoms with van der Waals surface area (Å²) in [7, 11) is -9.92. The lowest BCUT2D eigenvalue weighted by molar-refractivity contribution is -0.161. The predicted molar refractivity (Wildman–Crippen MR) is 414 cm³/mol. The summed E-state index contributed by atoms with van der Waals surface area (Å²) in [4.78, 5) is 73.1. The van der Waals surface area contributed by atoms with Gasteiger partial charge in [-0.05, 0) is 31.6 Å². The molecule has 2 unspecified atom stereocenters. The van der Waals surface area contributed by atoms with Crippen molar-refractivity contribution in [3.8, 4) is 0 Å². The maximum atomic E-state index is 13.1. The van der Waals surface area contributed by atoms with Gasteiger partial charge in [-0.1, -0.05) is 388 Å². The van der Waals surface area contributed by atoms with Gasteiger partial charge in [-0.25, -0.2) is 9.13 Å². The second-order valence-corrected chi connectivity index (χ2v) is 32.9. The molecule has 600 valence electrons. The largest absolute Gasteiger partial charge is 0.472 e. The monoisotopic (exact) mass is 1480 g/mol. The highest BCUT2D eigenvalue weighted by Crippen LogP contribution is 2.45. The van der Waals surface area contributed by atoms with Crippen LogP contribution in [0.5, 0.6) is 0 Å². The molecule has 0 fully saturated rings. The molecule has 0 aromatic carbocycles. The van der Waals surface area contributed by atoms with Gasteiger partial charge in [0, 0.05) is 25.7 Å². The zero-order chi connectivity index (χ0) is 74.1. The van der Waals surface area contributed by atoms with Crippen molar-refractivity contribution in [3.05, 3.63) is 0 Å². The first kappa shape index (κ1) is 99.1. The van der Waals surface area contributed by atoms with Crippen molar-refractivity contribution < 1.29 is 80.2 Å². The summed E-state index contributed by atoms with van der Waals surface area (Å²) in [6.07, 6.45) is 66.7. The third-order valence-corrected chi connectivity index (χ3v) is 21.2. The Morgan fingerprint density at radius 2 is 0.455 bits per heavy atom. The lowest BCUT2D eigenvalue weighted by atomic mass is 10.0. The number of carbonyl (C=O) groups excluding carboxylic acids is 4. The molecule has 101 heavy (non-hydrogen) atoms. The molecule has 0 amide bonds. The average Bonchev–Trinajstić information content (AvgIpc) is 1.04. The number of hydrogen-bond donors (Lipinski definition) is 3. The normalized spacial score (nSPS) is 13.8. The molecule has 0 saturated carbocycles. The van der Waals surface area contributed by atoms with Gasteiger partial charge in [0.05, 0.1) is 26.4 Å². The minimum absolute atomic E-state index is 0.108. The van der Waals surface area contributed by atoms with Gasteiger partial charge in [0.25, 0.3) is 0 Å². The fraction of sp³-hybridized carbons (Fsp3) is 0.951. The Bertz CT molecular complexity index is 1930. The van der Waals surface area contributed by atoms with E-state index in [0.717, 1.165) is 96.3 Å². The van der Waals surface area contributed by atoms with Crippen LogP contribution in [0.3, 0.4) is 0 Å². The minimum Gasteiger partial charge on any atom is -0.462 e. The van der Waals surface area contributed by atoms with Gasteiger partial charge < -0.3 is 33.8 Å². The summed E-state index contributed by atoms with van der Waals surface area (Å²) in [5.41, 5.74) is 0. The lowest BCUT2D eigenvalue weighted by Crippen LogP contribution is -2.30. The maximum Gasteiger partial charge on any atom is 0.472 e. The van der Waals surface area contributed by atoms with Crippen molar-refractivity contribution in [1.82, 2.24) is 0 Å². The van der Waals surface area contributed by atoms with Gasteiger partial charge in [-0.15, -0.1) is 0 Å². The van der Waals surface area contributed by atoms with E-state index in [2.05, 4.69) is 34.6 Å². The number of esters is 4. The third-order valence-electron chi connectivity index (χ3n) is 19.3. The Morgan fingerprint density at radius 1 is 0.267 bits per heavy atom. The van der Waals surface area contributed by atoms with Crippen LogP contribution in [0.2, 0.25) is 0 Å². The molecule has 3 N–H and O–H groups in total. The minimum atomic E-state index is -4.96. The molecule has 0 aromatic heterocycles. The summed E-state index contributed by atoms with van der Waals surface area (Å²) in [6, 6.07) is 0. The Morgan fingerprint density at radius 3 is 0.673 bits per heavy atom. The van der Waals surface area contributed by atoms with E-state index < -0.39 is 97.5 Å². The number of ether oxygens (including phenoxy) is 4. The average molecular weight is 1480 g/mol. The van der Waals surface area contributed by atoms with E-state index in [-0.39, 0.29) is 25.7 Å². The fourth-order valence-electron chi connectivity index (χ4n) is 12.8. The summed E-state index contributed by atoms with van der Waals surface area (Å²) in [5.74, 6) is -1.40. The van der Waals surface area contributed by atoms with Crippen LogP contribution in [0.25, 0.3) is 0 Å². The zero-order valence-electron chi connectivity index (χ0n) is 66.1. The summed E-state index contributed by atoms with van der Waals surface area (Å²) < 4.78 is 68.8. The first-order valence-electron chi connectivity index (χ1n) is 42.6. The fourth-order valence-corrected chi connectivity index (χ4v) is 14.3. The van der Waals surface area contributed by atoms with Crippen molar-refractivity contribution in [2.24, 2.45) is 5.92 Å². The standard InChI is InChI=1S/C82H160O17P2/c1-6-9-12-15-18-21-24-27-30-33-36-39-42-45-50-55-60-65-79(84)92-71-77(98-81(86)67-62-57-51-46-43-40-37-34-31-28-25-22-19-16-13-10-7-2)73-96-100(88,89)94-69-76(83)70-95-101(90,91)97-74-78(72-93-80(85)66-61-56-53-48-49-54-59-64-75(4)5)99-82(87)68-63-58-52-47-44-41-38-35-32-29-26-23-20-17-14-11-8-3/h75-78,83H,6-74H2,1-5H3,(H,88,89)(H,90,91)/t76-,77-,78-/m1/s1. The molecule has 0 rings (SSSR count). The Labute approximate surface area is 619 Å². The van der Waals surface area contributed by atoms with Crippen molar-refractivity contribution in [3.63, 3.8) is 0 Å². The molecule has 0 spiro atoms. The van der Waals surface area contributed by atoms with Gasteiger partial charge in [0.2, 0.25) is 0 Å². The summed E-state index contributed by atoms with van der Waals surface area (Å²) >= 11 is 0. The highest BCUT2D eigenvalue weighted by Gasteiger charge is 2.30. The van der Waals surface area contributed by atoms with Crippen molar-refractivity contribution in [1.29, 1.82) is 0 Å². The number of unbranched alkanes of at least 4 members (excludes halogenated alkanes) is 54. The van der Waals surface area contributed by atoms with E-state index in [1.54, 1.807) is 0 Å². The van der Waals surface area contributed by atoms with Crippen LogP contribution in [0.1, 0.15) is 439 Å². The van der Waals surface area contributed by atoms with Crippen LogP contribution in [0.4, 0.5) is 0 Å². The van der Waals surface area contributed by atoms with E-state index in [4.69, 9.17) is 37.0 Å². The van der Waals surface area contributed by atoms with Crippen LogP contribution in [0, 0.1) is 5.92 Å². The quantitative estimate of drug-likeness (QED) is 0.0222. The van der Waals surface area contributed by atoms with Crippen molar-refractivity contribution >= 4 is 39.5 Å². The highest BCUT2D eigenvalue weighted by atomic mass is 31.2. The lowest BCUT2D eigenvalue weighted by Gasteiger charge is -2.21. The number of phosphoric acid groups is 2. The van der Waals surface area contributed by atoms with Crippen LogP contribution >= 0.6 is 15.6 Å². The number of rotatable bonds is 82. The first-order chi connectivity index (χ1) is 49.0.